The average molecular weight is 179 g/mol. The molecule has 0 aromatic carbocycles. The Balaban J connectivity index is 2.31. The Bertz CT molecular complexity index is 353. The molecule has 0 bridgehead atoms. The predicted octanol–water partition coefficient (Wildman–Crippen LogP) is 0.400. The van der Waals surface area contributed by atoms with Crippen LogP contribution in [-0.4, -0.2) is 23.4 Å². The maximum absolute atomic E-state index is 11.1. The van der Waals surface area contributed by atoms with Crippen LogP contribution in [0.3, 0.4) is 0 Å². The van der Waals surface area contributed by atoms with Gasteiger partial charge in [0, 0.05) is 18.3 Å². The number of Topliss-reactive ketones (excluding diaryl/α,β-unsaturated/α-hetero) is 1. The molecule has 13 heavy (non-hydrogen) atoms. The largest absolute Gasteiger partial charge is 0.465 e. The molecule has 1 aromatic rings. The number of hydrogen-bond acceptors (Lipinski definition) is 3. The molecular formula is C9H9NO3. The summed E-state index contributed by atoms with van der Waals surface area (Å²) in [5, 5.41) is 0. The Labute approximate surface area is 75.1 Å². The summed E-state index contributed by atoms with van der Waals surface area (Å²) in [4.78, 5) is 22.1. The van der Waals surface area contributed by atoms with E-state index < -0.39 is 0 Å². The SMILES string of the molecule is COC(=O)c1cc2n(c1)CC(=O)C2. The minimum absolute atomic E-state index is 0.186. The second-order valence-electron chi connectivity index (χ2n) is 3.06. The van der Waals surface area contributed by atoms with Gasteiger partial charge >= 0.3 is 5.97 Å². The molecule has 0 N–H and O–H groups in total. The molecule has 0 radical (unpaired) electrons. The van der Waals surface area contributed by atoms with Crippen molar-refractivity contribution >= 4 is 11.8 Å². The molecular weight excluding hydrogens is 170 g/mol. The highest BCUT2D eigenvalue weighted by molar-refractivity contribution is 5.91. The van der Waals surface area contributed by atoms with Gasteiger partial charge in [0.25, 0.3) is 0 Å². The monoisotopic (exact) mass is 179 g/mol. The van der Waals surface area contributed by atoms with Gasteiger partial charge in [-0.05, 0) is 6.07 Å². The predicted molar refractivity (Wildman–Crippen MR) is 44.5 cm³/mol. The summed E-state index contributed by atoms with van der Waals surface area (Å²) in [7, 11) is 1.34. The van der Waals surface area contributed by atoms with Crippen molar-refractivity contribution < 1.29 is 14.3 Å². The van der Waals surface area contributed by atoms with E-state index >= 15 is 0 Å². The van der Waals surface area contributed by atoms with E-state index in [1.807, 2.05) is 0 Å². The summed E-state index contributed by atoms with van der Waals surface area (Å²) in [6.07, 6.45) is 2.09. The van der Waals surface area contributed by atoms with Gasteiger partial charge in [0.1, 0.15) is 0 Å². The summed E-state index contributed by atoms with van der Waals surface area (Å²) in [5.41, 5.74) is 1.41. The molecule has 2 heterocycles. The fourth-order valence-electron chi connectivity index (χ4n) is 1.53. The molecule has 0 amide bonds. The lowest BCUT2D eigenvalue weighted by atomic mass is 10.2. The molecule has 0 saturated carbocycles. The van der Waals surface area contributed by atoms with Crippen molar-refractivity contribution in [1.29, 1.82) is 0 Å². The lowest BCUT2D eigenvalue weighted by Gasteiger charge is -1.93. The highest BCUT2D eigenvalue weighted by Gasteiger charge is 2.21. The highest BCUT2D eigenvalue weighted by Crippen LogP contribution is 2.16. The summed E-state index contributed by atoms with van der Waals surface area (Å²) in [6.45, 7) is 0.381. The number of esters is 1. The standard InChI is InChI=1S/C9H9NO3/c1-13-9(12)6-2-7-3-8(11)5-10(7)4-6/h2,4H,3,5H2,1H3. The van der Waals surface area contributed by atoms with Gasteiger partial charge in [0.05, 0.1) is 19.2 Å². The Hall–Kier alpha value is -1.58. The van der Waals surface area contributed by atoms with Gasteiger partial charge in [-0.15, -0.1) is 0 Å². The van der Waals surface area contributed by atoms with Crippen LogP contribution in [0.25, 0.3) is 0 Å². The van der Waals surface area contributed by atoms with Crippen molar-refractivity contribution in [2.45, 2.75) is 13.0 Å². The van der Waals surface area contributed by atoms with Gasteiger partial charge in [0.2, 0.25) is 0 Å². The maximum Gasteiger partial charge on any atom is 0.339 e. The molecule has 68 valence electrons. The number of hydrogen-bond donors (Lipinski definition) is 0. The van der Waals surface area contributed by atoms with Gasteiger partial charge in [-0.2, -0.15) is 0 Å². The molecule has 4 heteroatoms. The number of carbonyl (C=O) groups is 2. The number of rotatable bonds is 1. The summed E-state index contributed by atoms with van der Waals surface area (Å²) >= 11 is 0. The molecule has 0 atom stereocenters. The fraction of sp³-hybridized carbons (Fsp3) is 0.333. The molecule has 0 unspecified atom stereocenters. The third-order valence-electron chi connectivity index (χ3n) is 2.13. The molecule has 0 fully saturated rings. The fourth-order valence-corrected chi connectivity index (χ4v) is 1.53. The van der Waals surface area contributed by atoms with Crippen LogP contribution >= 0.6 is 0 Å². The summed E-state index contributed by atoms with van der Waals surface area (Å²) in [5.74, 6) is -0.166. The zero-order valence-corrected chi connectivity index (χ0v) is 7.24. The topological polar surface area (TPSA) is 48.3 Å². The smallest absolute Gasteiger partial charge is 0.339 e. The van der Waals surface area contributed by atoms with E-state index in [9.17, 15) is 9.59 Å². The molecule has 0 aliphatic carbocycles. The lowest BCUT2D eigenvalue weighted by Crippen LogP contribution is -2.02. The van der Waals surface area contributed by atoms with Crippen LogP contribution in [0.4, 0.5) is 0 Å². The van der Waals surface area contributed by atoms with Crippen molar-refractivity contribution in [3.8, 4) is 0 Å². The number of fused-ring (bicyclic) bond motifs is 1. The lowest BCUT2D eigenvalue weighted by molar-refractivity contribution is -0.117. The van der Waals surface area contributed by atoms with E-state index in [4.69, 9.17) is 0 Å². The number of methoxy groups -OCH3 is 1. The van der Waals surface area contributed by atoms with Crippen molar-refractivity contribution in [3.63, 3.8) is 0 Å². The second kappa shape index (κ2) is 2.73. The molecule has 1 aliphatic heterocycles. The van der Waals surface area contributed by atoms with Crippen LogP contribution < -0.4 is 0 Å². The van der Waals surface area contributed by atoms with E-state index in [-0.39, 0.29) is 11.8 Å². The minimum atomic E-state index is -0.352. The summed E-state index contributed by atoms with van der Waals surface area (Å²) in [6, 6.07) is 1.71. The molecule has 2 rings (SSSR count). The van der Waals surface area contributed by atoms with Gasteiger partial charge < -0.3 is 9.30 Å². The third kappa shape index (κ3) is 1.24. The Morgan fingerprint density at radius 3 is 3.00 bits per heavy atom. The normalized spacial score (nSPS) is 14.4. The first-order valence-electron chi connectivity index (χ1n) is 4.00. The zero-order valence-electron chi connectivity index (χ0n) is 7.24. The third-order valence-corrected chi connectivity index (χ3v) is 2.13. The molecule has 1 aromatic heterocycles. The number of ketones is 1. The summed E-state index contributed by atoms with van der Waals surface area (Å²) < 4.78 is 6.35. The van der Waals surface area contributed by atoms with E-state index in [1.54, 1.807) is 16.8 Å². The average Bonchev–Trinajstić information content (AvgIpc) is 2.59. The second-order valence-corrected chi connectivity index (χ2v) is 3.06. The first kappa shape index (κ1) is 8.04. The van der Waals surface area contributed by atoms with Gasteiger partial charge in [0.15, 0.2) is 5.78 Å². The van der Waals surface area contributed by atoms with Crippen LogP contribution in [0.15, 0.2) is 12.3 Å². The van der Waals surface area contributed by atoms with E-state index in [0.29, 0.717) is 18.5 Å². The van der Waals surface area contributed by atoms with E-state index in [0.717, 1.165) is 5.69 Å². The van der Waals surface area contributed by atoms with Crippen molar-refractivity contribution in [2.75, 3.05) is 7.11 Å². The van der Waals surface area contributed by atoms with Crippen LogP contribution in [-0.2, 0) is 22.5 Å². The van der Waals surface area contributed by atoms with Crippen LogP contribution in [0, 0.1) is 0 Å². The number of ether oxygens (including phenoxy) is 1. The van der Waals surface area contributed by atoms with Gasteiger partial charge in [-0.1, -0.05) is 0 Å². The number of carbonyl (C=O) groups excluding carboxylic acids is 2. The molecule has 1 aliphatic rings. The Morgan fingerprint density at radius 1 is 1.62 bits per heavy atom. The molecule has 4 nitrogen and oxygen atoms in total. The zero-order chi connectivity index (χ0) is 9.42. The van der Waals surface area contributed by atoms with E-state index in [1.165, 1.54) is 7.11 Å². The van der Waals surface area contributed by atoms with Crippen LogP contribution in [0.1, 0.15) is 16.1 Å². The van der Waals surface area contributed by atoms with Crippen LogP contribution in [0.2, 0.25) is 0 Å². The highest BCUT2D eigenvalue weighted by atomic mass is 16.5. The number of aromatic nitrogens is 1. The van der Waals surface area contributed by atoms with E-state index in [2.05, 4.69) is 4.74 Å². The Kier molecular flexibility index (Phi) is 1.69. The van der Waals surface area contributed by atoms with Gasteiger partial charge in [-0.3, -0.25) is 4.79 Å². The minimum Gasteiger partial charge on any atom is -0.465 e. The first-order chi connectivity index (χ1) is 6.20. The first-order valence-corrected chi connectivity index (χ1v) is 4.00. The van der Waals surface area contributed by atoms with Crippen LogP contribution in [0.5, 0.6) is 0 Å². The number of nitrogens with zero attached hydrogens (tertiary/aromatic N) is 1. The quantitative estimate of drug-likeness (QED) is 0.586. The Morgan fingerprint density at radius 2 is 2.38 bits per heavy atom. The van der Waals surface area contributed by atoms with Crippen molar-refractivity contribution in [1.82, 2.24) is 4.57 Å². The molecule has 0 saturated heterocycles. The molecule has 0 spiro atoms. The van der Waals surface area contributed by atoms with Crippen molar-refractivity contribution in [2.24, 2.45) is 0 Å². The van der Waals surface area contributed by atoms with Gasteiger partial charge in [-0.25, -0.2) is 4.79 Å². The maximum atomic E-state index is 11.1. The van der Waals surface area contributed by atoms with Crippen molar-refractivity contribution in [3.05, 3.63) is 23.5 Å².